The number of hydrogen-bond acceptors (Lipinski definition) is 3. The van der Waals surface area contributed by atoms with Crippen LogP contribution < -0.4 is 5.32 Å². The Morgan fingerprint density at radius 3 is 2.47 bits per heavy atom. The fourth-order valence-electron chi connectivity index (χ4n) is 3.70. The van der Waals surface area contributed by atoms with Gasteiger partial charge in [0.2, 0.25) is 0 Å². The van der Waals surface area contributed by atoms with Crippen LogP contribution in [0.25, 0.3) is 22.6 Å². The zero-order valence-corrected chi connectivity index (χ0v) is 19.4. The second-order valence-electron chi connectivity index (χ2n) is 7.97. The van der Waals surface area contributed by atoms with E-state index in [1.165, 1.54) is 5.56 Å². The van der Waals surface area contributed by atoms with Crippen LogP contribution in [0.1, 0.15) is 28.8 Å². The molecule has 5 heteroatoms. The van der Waals surface area contributed by atoms with E-state index in [9.17, 15) is 4.79 Å². The number of aromatic nitrogens is 1. The second kappa shape index (κ2) is 11.3. The van der Waals surface area contributed by atoms with Crippen molar-refractivity contribution < 1.29 is 4.79 Å². The van der Waals surface area contributed by atoms with E-state index in [0.717, 1.165) is 40.6 Å². The fourth-order valence-corrected chi connectivity index (χ4v) is 3.83. The molecular weight excluding hydrogens is 442 g/mol. The van der Waals surface area contributed by atoms with Gasteiger partial charge in [-0.3, -0.25) is 9.78 Å². The zero-order chi connectivity index (χ0) is 23.8. The molecule has 168 valence electrons. The maximum Gasteiger partial charge on any atom is 0.251 e. The highest BCUT2D eigenvalue weighted by atomic mass is 35.5. The van der Waals surface area contributed by atoms with E-state index in [1.54, 1.807) is 12.1 Å². The molecule has 0 bridgehead atoms. The molecule has 0 spiro atoms. The van der Waals surface area contributed by atoms with Crippen molar-refractivity contribution in [2.75, 3.05) is 6.54 Å². The number of fused-ring (bicyclic) bond motifs is 1. The number of nitriles is 1. The minimum absolute atomic E-state index is 0.210. The molecule has 0 atom stereocenters. The third-order valence-electron chi connectivity index (χ3n) is 5.54. The SMILES string of the molecule is N#CCCNC(=O)/C(=C/c1ccc(Cl)cc1)c1ccc(CCc2ccc3ccccc3n2)cc1. The molecule has 1 N–H and O–H groups in total. The third kappa shape index (κ3) is 6.10. The molecule has 0 saturated heterocycles. The van der Waals surface area contributed by atoms with Crippen LogP contribution in [-0.2, 0) is 17.6 Å². The van der Waals surface area contributed by atoms with E-state index < -0.39 is 0 Å². The van der Waals surface area contributed by atoms with Crippen LogP contribution in [0.15, 0.2) is 84.9 Å². The lowest BCUT2D eigenvalue weighted by atomic mass is 9.99. The van der Waals surface area contributed by atoms with E-state index >= 15 is 0 Å². The van der Waals surface area contributed by atoms with Crippen molar-refractivity contribution in [1.82, 2.24) is 10.3 Å². The number of benzene rings is 3. The summed E-state index contributed by atoms with van der Waals surface area (Å²) >= 11 is 6.00. The molecule has 0 saturated carbocycles. The Kier molecular flexibility index (Phi) is 7.70. The molecule has 1 aromatic heterocycles. The molecule has 0 fully saturated rings. The molecule has 1 heterocycles. The Balaban J connectivity index is 1.50. The summed E-state index contributed by atoms with van der Waals surface area (Å²) in [6.45, 7) is 0.310. The van der Waals surface area contributed by atoms with Gasteiger partial charge in [0.25, 0.3) is 5.91 Å². The highest BCUT2D eigenvalue weighted by Crippen LogP contribution is 2.21. The first-order chi connectivity index (χ1) is 16.6. The predicted molar refractivity (Wildman–Crippen MR) is 138 cm³/mol. The van der Waals surface area contributed by atoms with Gasteiger partial charge in [-0.05, 0) is 59.9 Å². The minimum atomic E-state index is -0.210. The van der Waals surface area contributed by atoms with Crippen LogP contribution in [0.3, 0.4) is 0 Å². The lowest BCUT2D eigenvalue weighted by molar-refractivity contribution is -0.115. The molecule has 0 radical (unpaired) electrons. The lowest BCUT2D eigenvalue weighted by Gasteiger charge is -2.10. The molecule has 0 unspecified atom stereocenters. The van der Waals surface area contributed by atoms with E-state index in [0.29, 0.717) is 17.1 Å². The predicted octanol–water partition coefficient (Wildman–Crippen LogP) is 6.24. The van der Waals surface area contributed by atoms with Gasteiger partial charge < -0.3 is 5.32 Å². The summed E-state index contributed by atoms with van der Waals surface area (Å²) in [6, 6.07) is 29.7. The highest BCUT2D eigenvalue weighted by molar-refractivity contribution is 6.30. The zero-order valence-electron chi connectivity index (χ0n) is 18.7. The number of hydrogen-bond donors (Lipinski definition) is 1. The van der Waals surface area contributed by atoms with Gasteiger partial charge in [0.15, 0.2) is 0 Å². The number of carbonyl (C=O) groups is 1. The molecule has 4 nitrogen and oxygen atoms in total. The van der Waals surface area contributed by atoms with E-state index in [2.05, 4.69) is 35.6 Å². The summed E-state index contributed by atoms with van der Waals surface area (Å²) in [5.41, 5.74) is 5.48. The first-order valence-corrected chi connectivity index (χ1v) is 11.6. The van der Waals surface area contributed by atoms with E-state index in [-0.39, 0.29) is 12.3 Å². The van der Waals surface area contributed by atoms with Crippen molar-refractivity contribution in [3.8, 4) is 6.07 Å². The van der Waals surface area contributed by atoms with Gasteiger partial charge in [-0.25, -0.2) is 0 Å². The van der Waals surface area contributed by atoms with Gasteiger partial charge in [-0.15, -0.1) is 0 Å². The number of para-hydroxylation sites is 1. The topological polar surface area (TPSA) is 65.8 Å². The largest absolute Gasteiger partial charge is 0.351 e. The number of carbonyl (C=O) groups excluding carboxylic acids is 1. The fraction of sp³-hybridized carbons (Fsp3) is 0.138. The van der Waals surface area contributed by atoms with Crippen molar-refractivity contribution in [3.05, 3.63) is 112 Å². The summed E-state index contributed by atoms with van der Waals surface area (Å²) in [5, 5.41) is 13.4. The summed E-state index contributed by atoms with van der Waals surface area (Å²) in [4.78, 5) is 17.6. The Bertz CT molecular complexity index is 1350. The molecule has 1 amide bonds. The highest BCUT2D eigenvalue weighted by Gasteiger charge is 2.12. The van der Waals surface area contributed by atoms with Crippen LogP contribution in [0.4, 0.5) is 0 Å². The monoisotopic (exact) mass is 465 g/mol. The van der Waals surface area contributed by atoms with E-state index in [4.69, 9.17) is 21.8 Å². The van der Waals surface area contributed by atoms with Crippen LogP contribution in [0.2, 0.25) is 5.02 Å². The minimum Gasteiger partial charge on any atom is -0.351 e. The average Bonchev–Trinajstić information content (AvgIpc) is 2.87. The van der Waals surface area contributed by atoms with Crippen LogP contribution >= 0.6 is 11.6 Å². The molecule has 0 aliphatic heterocycles. The number of amides is 1. The van der Waals surface area contributed by atoms with Crippen LogP contribution in [-0.4, -0.2) is 17.4 Å². The molecular formula is C29H24ClN3O. The Labute approximate surface area is 204 Å². The van der Waals surface area contributed by atoms with Crippen molar-refractivity contribution >= 4 is 40.1 Å². The number of rotatable bonds is 8. The summed E-state index contributed by atoms with van der Waals surface area (Å²) in [7, 11) is 0. The quantitative estimate of drug-likeness (QED) is 0.190. The Hall–Kier alpha value is -3.94. The molecule has 0 aliphatic carbocycles. The van der Waals surface area contributed by atoms with Gasteiger partial charge in [-0.2, -0.15) is 5.26 Å². The molecule has 0 aliphatic rings. The standard InChI is InChI=1S/C29H24ClN3O/c30-25-14-8-22(9-15-25)20-27(29(34)32-19-3-18-31)23-11-6-21(7-12-23)10-16-26-17-13-24-4-1-2-5-28(24)33-26/h1-2,4-9,11-15,17,20H,3,10,16,19H2,(H,32,34)/b27-20+. The number of aryl methyl sites for hydroxylation is 2. The van der Waals surface area contributed by atoms with Gasteiger partial charge in [-0.1, -0.05) is 72.3 Å². The normalized spacial score (nSPS) is 11.2. The summed E-state index contributed by atoms with van der Waals surface area (Å²) < 4.78 is 0. The Morgan fingerprint density at radius 2 is 1.71 bits per heavy atom. The van der Waals surface area contributed by atoms with Gasteiger partial charge in [0, 0.05) is 28.2 Å². The van der Waals surface area contributed by atoms with Gasteiger partial charge in [0.05, 0.1) is 18.0 Å². The van der Waals surface area contributed by atoms with Crippen molar-refractivity contribution in [2.24, 2.45) is 0 Å². The van der Waals surface area contributed by atoms with E-state index in [1.807, 2.05) is 54.6 Å². The van der Waals surface area contributed by atoms with Crippen molar-refractivity contribution in [1.29, 1.82) is 5.26 Å². The first kappa shape index (κ1) is 23.2. The first-order valence-electron chi connectivity index (χ1n) is 11.2. The molecule has 34 heavy (non-hydrogen) atoms. The van der Waals surface area contributed by atoms with Crippen molar-refractivity contribution in [2.45, 2.75) is 19.3 Å². The number of nitrogens with one attached hydrogen (secondary N) is 1. The molecule has 4 rings (SSSR count). The second-order valence-corrected chi connectivity index (χ2v) is 8.40. The lowest BCUT2D eigenvalue weighted by Crippen LogP contribution is -2.25. The van der Waals surface area contributed by atoms with Crippen LogP contribution in [0.5, 0.6) is 0 Å². The number of nitrogens with zero attached hydrogens (tertiary/aromatic N) is 2. The number of halogens is 1. The van der Waals surface area contributed by atoms with Gasteiger partial charge >= 0.3 is 0 Å². The molecule has 3 aromatic carbocycles. The Morgan fingerprint density at radius 1 is 0.941 bits per heavy atom. The third-order valence-corrected chi connectivity index (χ3v) is 5.79. The molecule has 4 aromatic rings. The van der Waals surface area contributed by atoms with Crippen molar-refractivity contribution in [3.63, 3.8) is 0 Å². The smallest absolute Gasteiger partial charge is 0.251 e. The van der Waals surface area contributed by atoms with Crippen LogP contribution in [0, 0.1) is 11.3 Å². The van der Waals surface area contributed by atoms with Gasteiger partial charge in [0.1, 0.15) is 0 Å². The maximum atomic E-state index is 12.9. The summed E-state index contributed by atoms with van der Waals surface area (Å²) in [5.74, 6) is -0.210. The maximum absolute atomic E-state index is 12.9. The number of pyridine rings is 1. The average molecular weight is 466 g/mol. The summed E-state index contributed by atoms with van der Waals surface area (Å²) in [6.07, 6.45) is 3.80.